The molecule has 0 bridgehead atoms. The minimum atomic E-state index is -4.32. The van der Waals surface area contributed by atoms with Crippen LogP contribution in [0.5, 0.6) is 0 Å². The van der Waals surface area contributed by atoms with Crippen molar-refractivity contribution in [2.45, 2.75) is 12.7 Å². The molecule has 7 heteroatoms. The Hall–Kier alpha value is -0.520. The van der Waals surface area contributed by atoms with Crippen LogP contribution in [0.1, 0.15) is 11.1 Å². The summed E-state index contributed by atoms with van der Waals surface area (Å²) >= 11 is 0. The molecular formula is C8H11Cl2F3N2. The molecule has 1 N–H and O–H groups in total. The monoisotopic (exact) mass is 262 g/mol. The Morgan fingerprint density at radius 3 is 2.40 bits per heavy atom. The van der Waals surface area contributed by atoms with E-state index in [2.05, 4.69) is 10.3 Å². The fraction of sp³-hybridized carbons (Fsp3) is 0.375. The lowest BCUT2D eigenvalue weighted by Gasteiger charge is -2.10. The molecule has 0 aliphatic heterocycles. The number of hydrogen-bond acceptors (Lipinski definition) is 2. The second-order valence-electron chi connectivity index (χ2n) is 2.56. The minimum absolute atomic E-state index is 0. The van der Waals surface area contributed by atoms with Crippen LogP contribution in [0, 0.1) is 0 Å². The maximum Gasteiger partial charge on any atom is 0.418 e. The van der Waals surface area contributed by atoms with E-state index in [1.165, 1.54) is 12.3 Å². The first-order chi connectivity index (χ1) is 6.05. The van der Waals surface area contributed by atoms with E-state index in [-0.39, 0.29) is 36.9 Å². The molecule has 0 fully saturated rings. The van der Waals surface area contributed by atoms with Gasteiger partial charge in [0.2, 0.25) is 0 Å². The van der Waals surface area contributed by atoms with Gasteiger partial charge in [-0.2, -0.15) is 13.2 Å². The van der Waals surface area contributed by atoms with Crippen LogP contribution >= 0.6 is 24.8 Å². The van der Waals surface area contributed by atoms with Crippen LogP contribution in [0.3, 0.4) is 0 Å². The number of rotatable bonds is 2. The van der Waals surface area contributed by atoms with Crippen molar-refractivity contribution in [3.05, 3.63) is 29.6 Å². The van der Waals surface area contributed by atoms with E-state index in [0.717, 1.165) is 6.20 Å². The third kappa shape index (κ3) is 4.68. The lowest BCUT2D eigenvalue weighted by molar-refractivity contribution is -0.138. The summed E-state index contributed by atoms with van der Waals surface area (Å²) in [4.78, 5) is 3.45. The molecule has 1 aromatic heterocycles. The van der Waals surface area contributed by atoms with Crippen molar-refractivity contribution >= 4 is 24.8 Å². The zero-order valence-corrected chi connectivity index (χ0v) is 9.47. The first kappa shape index (κ1) is 16.9. The summed E-state index contributed by atoms with van der Waals surface area (Å²) in [5.41, 5.74) is -0.464. The quantitative estimate of drug-likeness (QED) is 0.887. The Labute approximate surface area is 98.1 Å². The van der Waals surface area contributed by atoms with Crippen molar-refractivity contribution < 1.29 is 13.2 Å². The molecule has 0 atom stereocenters. The maximum absolute atomic E-state index is 12.3. The predicted molar refractivity (Wildman–Crippen MR) is 56.5 cm³/mol. The highest BCUT2D eigenvalue weighted by Gasteiger charge is 2.33. The summed E-state index contributed by atoms with van der Waals surface area (Å²) in [5, 5.41) is 2.67. The molecule has 0 radical (unpaired) electrons. The Balaban J connectivity index is 0. The van der Waals surface area contributed by atoms with Crippen molar-refractivity contribution in [1.82, 2.24) is 10.3 Å². The maximum atomic E-state index is 12.3. The van der Waals surface area contributed by atoms with Gasteiger partial charge in [-0.15, -0.1) is 24.8 Å². The van der Waals surface area contributed by atoms with E-state index in [1.807, 2.05) is 0 Å². The highest BCUT2D eigenvalue weighted by molar-refractivity contribution is 5.85. The van der Waals surface area contributed by atoms with Gasteiger partial charge in [-0.25, -0.2) is 0 Å². The standard InChI is InChI=1S/C8H9F3N2.2ClH/c1-12-4-6-2-3-13-5-7(6)8(9,10)11;;/h2-3,5,12H,4H2,1H3;2*1H. The van der Waals surface area contributed by atoms with Gasteiger partial charge in [0.25, 0.3) is 0 Å². The first-order valence-electron chi connectivity index (χ1n) is 3.70. The molecule has 0 spiro atoms. The number of aromatic nitrogens is 1. The second-order valence-corrected chi connectivity index (χ2v) is 2.56. The number of pyridine rings is 1. The Morgan fingerprint density at radius 1 is 1.33 bits per heavy atom. The zero-order chi connectivity index (χ0) is 9.90. The molecule has 1 rings (SSSR count). The van der Waals surface area contributed by atoms with Gasteiger partial charge >= 0.3 is 6.18 Å². The zero-order valence-electron chi connectivity index (χ0n) is 7.84. The topological polar surface area (TPSA) is 24.9 Å². The van der Waals surface area contributed by atoms with Gasteiger partial charge in [-0.05, 0) is 18.7 Å². The third-order valence-corrected chi connectivity index (χ3v) is 1.58. The number of halogens is 5. The number of nitrogens with one attached hydrogen (secondary N) is 1. The smallest absolute Gasteiger partial charge is 0.316 e. The fourth-order valence-electron chi connectivity index (χ4n) is 1.02. The van der Waals surface area contributed by atoms with E-state index in [1.54, 1.807) is 7.05 Å². The van der Waals surface area contributed by atoms with Crippen LogP contribution in [0.4, 0.5) is 13.2 Å². The van der Waals surface area contributed by atoms with E-state index in [9.17, 15) is 13.2 Å². The highest BCUT2D eigenvalue weighted by atomic mass is 35.5. The largest absolute Gasteiger partial charge is 0.418 e. The molecule has 15 heavy (non-hydrogen) atoms. The van der Waals surface area contributed by atoms with Crippen molar-refractivity contribution in [3.8, 4) is 0 Å². The average Bonchev–Trinajstić information content (AvgIpc) is 2.04. The van der Waals surface area contributed by atoms with Crippen LogP contribution in [-0.4, -0.2) is 12.0 Å². The summed E-state index contributed by atoms with van der Waals surface area (Å²) in [6.07, 6.45) is -2.13. The molecule has 0 saturated carbocycles. The average molecular weight is 263 g/mol. The van der Waals surface area contributed by atoms with Gasteiger partial charge in [-0.1, -0.05) is 0 Å². The molecule has 0 unspecified atom stereocenters. The molecular weight excluding hydrogens is 252 g/mol. The number of nitrogens with zero attached hydrogens (tertiary/aromatic N) is 1. The number of hydrogen-bond donors (Lipinski definition) is 1. The Bertz CT molecular complexity index is 291. The van der Waals surface area contributed by atoms with Crippen molar-refractivity contribution in [3.63, 3.8) is 0 Å². The summed E-state index contributed by atoms with van der Waals surface area (Å²) in [6.45, 7) is 0.192. The van der Waals surface area contributed by atoms with Gasteiger partial charge in [-0.3, -0.25) is 4.98 Å². The van der Waals surface area contributed by atoms with Crippen LogP contribution < -0.4 is 5.32 Å². The lowest BCUT2D eigenvalue weighted by atomic mass is 10.1. The number of alkyl halides is 3. The summed E-state index contributed by atoms with van der Waals surface area (Å²) in [5.74, 6) is 0. The van der Waals surface area contributed by atoms with Gasteiger partial charge < -0.3 is 5.32 Å². The van der Waals surface area contributed by atoms with Gasteiger partial charge in [0.15, 0.2) is 0 Å². The summed E-state index contributed by atoms with van der Waals surface area (Å²) in [6, 6.07) is 1.36. The molecule has 88 valence electrons. The van der Waals surface area contributed by atoms with Gasteiger partial charge in [0, 0.05) is 18.9 Å². The predicted octanol–water partition coefficient (Wildman–Crippen LogP) is 2.66. The SMILES string of the molecule is CNCc1ccncc1C(F)(F)F.Cl.Cl. The molecule has 2 nitrogen and oxygen atoms in total. The van der Waals surface area contributed by atoms with Crippen molar-refractivity contribution in [2.24, 2.45) is 0 Å². The summed E-state index contributed by atoms with van der Waals surface area (Å²) in [7, 11) is 1.60. The molecule has 0 aliphatic carbocycles. The first-order valence-corrected chi connectivity index (χ1v) is 3.70. The van der Waals surface area contributed by atoms with Crippen LogP contribution in [-0.2, 0) is 12.7 Å². The minimum Gasteiger partial charge on any atom is -0.316 e. The highest BCUT2D eigenvalue weighted by Crippen LogP contribution is 2.30. The molecule has 0 aliphatic rings. The molecule has 0 aromatic carbocycles. The Kier molecular flexibility index (Phi) is 7.74. The third-order valence-electron chi connectivity index (χ3n) is 1.58. The van der Waals surface area contributed by atoms with Gasteiger partial charge in [0.1, 0.15) is 0 Å². The van der Waals surface area contributed by atoms with E-state index in [0.29, 0.717) is 0 Å². The van der Waals surface area contributed by atoms with Crippen LogP contribution in [0.15, 0.2) is 18.5 Å². The normalized spacial score (nSPS) is 10.1. The fourth-order valence-corrected chi connectivity index (χ4v) is 1.02. The lowest BCUT2D eigenvalue weighted by Crippen LogP contribution is -2.14. The summed E-state index contributed by atoms with van der Waals surface area (Å²) < 4.78 is 36.9. The van der Waals surface area contributed by atoms with Crippen molar-refractivity contribution in [1.29, 1.82) is 0 Å². The van der Waals surface area contributed by atoms with Gasteiger partial charge in [0.05, 0.1) is 5.56 Å². The molecule has 1 aromatic rings. The van der Waals surface area contributed by atoms with Crippen LogP contribution in [0.25, 0.3) is 0 Å². The van der Waals surface area contributed by atoms with E-state index in [4.69, 9.17) is 0 Å². The Morgan fingerprint density at radius 2 is 1.93 bits per heavy atom. The molecule has 0 saturated heterocycles. The molecule has 1 heterocycles. The van der Waals surface area contributed by atoms with E-state index < -0.39 is 11.7 Å². The second kappa shape index (κ2) is 6.87. The molecule has 0 amide bonds. The van der Waals surface area contributed by atoms with Crippen molar-refractivity contribution in [2.75, 3.05) is 7.05 Å². The van der Waals surface area contributed by atoms with Crippen LogP contribution in [0.2, 0.25) is 0 Å². The van der Waals surface area contributed by atoms with E-state index >= 15 is 0 Å².